The molecule has 3 rings (SSSR count). The number of nitrogen functional groups attached to an aromatic ring is 2. The third kappa shape index (κ3) is 1.40. The SMILES string of the molecule is Nc1oc2cncc(-c3cccnc3)c2c1N. The van der Waals surface area contributed by atoms with Crippen LogP contribution in [-0.4, -0.2) is 9.97 Å². The van der Waals surface area contributed by atoms with Crippen molar-refractivity contribution in [2.24, 2.45) is 0 Å². The first-order chi connectivity index (χ1) is 8.27. The summed E-state index contributed by atoms with van der Waals surface area (Å²) in [6, 6.07) is 3.79. The minimum atomic E-state index is 0.221. The van der Waals surface area contributed by atoms with E-state index in [1.165, 1.54) is 0 Å². The van der Waals surface area contributed by atoms with Gasteiger partial charge in [-0.25, -0.2) is 0 Å². The molecule has 0 radical (unpaired) electrons. The van der Waals surface area contributed by atoms with E-state index in [1.54, 1.807) is 24.8 Å². The molecular formula is C12H10N4O. The number of nitrogens with two attached hydrogens (primary N) is 2. The first-order valence-corrected chi connectivity index (χ1v) is 5.09. The van der Waals surface area contributed by atoms with Crippen LogP contribution >= 0.6 is 0 Å². The standard InChI is InChI=1S/C12H10N4O/c13-11-10-8(7-2-1-3-15-4-7)5-16-6-9(10)17-12(11)14/h1-6H,13-14H2. The van der Waals surface area contributed by atoms with Crippen molar-refractivity contribution in [3.63, 3.8) is 0 Å². The molecule has 0 aromatic carbocycles. The fraction of sp³-hybridized carbons (Fsp3) is 0. The monoisotopic (exact) mass is 226 g/mol. The summed E-state index contributed by atoms with van der Waals surface area (Å²) in [7, 11) is 0. The summed E-state index contributed by atoms with van der Waals surface area (Å²) in [5.41, 5.74) is 14.4. The highest BCUT2D eigenvalue weighted by Gasteiger charge is 2.14. The van der Waals surface area contributed by atoms with Crippen molar-refractivity contribution in [1.29, 1.82) is 0 Å². The number of rotatable bonds is 1. The van der Waals surface area contributed by atoms with Crippen LogP contribution in [0.2, 0.25) is 0 Å². The second-order valence-corrected chi connectivity index (χ2v) is 3.68. The molecule has 0 bridgehead atoms. The van der Waals surface area contributed by atoms with E-state index in [0.29, 0.717) is 11.3 Å². The molecule has 3 aromatic heterocycles. The summed E-state index contributed by atoms with van der Waals surface area (Å²) in [5, 5.41) is 0.783. The van der Waals surface area contributed by atoms with Crippen molar-refractivity contribution in [3.05, 3.63) is 36.9 Å². The zero-order valence-corrected chi connectivity index (χ0v) is 8.92. The lowest BCUT2D eigenvalue weighted by atomic mass is 10.1. The zero-order chi connectivity index (χ0) is 11.8. The van der Waals surface area contributed by atoms with Crippen LogP contribution in [0.1, 0.15) is 0 Å². The molecule has 3 aromatic rings. The van der Waals surface area contributed by atoms with Crippen molar-refractivity contribution < 1.29 is 4.42 Å². The average molecular weight is 226 g/mol. The molecule has 0 fully saturated rings. The molecule has 0 saturated heterocycles. The molecule has 0 aliphatic heterocycles. The Morgan fingerprint density at radius 2 is 1.94 bits per heavy atom. The Morgan fingerprint density at radius 1 is 1.06 bits per heavy atom. The van der Waals surface area contributed by atoms with Crippen LogP contribution < -0.4 is 11.5 Å². The molecule has 5 nitrogen and oxygen atoms in total. The Kier molecular flexibility index (Phi) is 1.98. The maximum Gasteiger partial charge on any atom is 0.214 e. The molecule has 0 amide bonds. The van der Waals surface area contributed by atoms with Gasteiger partial charge in [-0.15, -0.1) is 0 Å². The Morgan fingerprint density at radius 3 is 2.71 bits per heavy atom. The van der Waals surface area contributed by atoms with Gasteiger partial charge in [-0.05, 0) is 6.07 Å². The molecule has 3 heterocycles. The summed E-state index contributed by atoms with van der Waals surface area (Å²) >= 11 is 0. The fourth-order valence-corrected chi connectivity index (χ4v) is 1.83. The van der Waals surface area contributed by atoms with E-state index in [4.69, 9.17) is 15.9 Å². The number of anilines is 2. The lowest BCUT2D eigenvalue weighted by Crippen LogP contribution is -1.91. The third-order valence-electron chi connectivity index (χ3n) is 2.64. The van der Waals surface area contributed by atoms with Gasteiger partial charge in [0.25, 0.3) is 0 Å². The fourth-order valence-electron chi connectivity index (χ4n) is 1.83. The predicted molar refractivity (Wildman–Crippen MR) is 66.1 cm³/mol. The van der Waals surface area contributed by atoms with Crippen LogP contribution in [0.5, 0.6) is 0 Å². The average Bonchev–Trinajstić information content (AvgIpc) is 2.66. The number of aromatic nitrogens is 2. The van der Waals surface area contributed by atoms with Gasteiger partial charge in [-0.1, -0.05) is 6.07 Å². The highest BCUT2D eigenvalue weighted by Crippen LogP contribution is 2.36. The number of nitrogens with zero attached hydrogens (tertiary/aromatic N) is 2. The maximum atomic E-state index is 5.91. The van der Waals surface area contributed by atoms with Gasteiger partial charge in [0, 0.05) is 29.7 Å². The molecule has 17 heavy (non-hydrogen) atoms. The smallest absolute Gasteiger partial charge is 0.214 e. The summed E-state index contributed by atoms with van der Waals surface area (Å²) in [6.45, 7) is 0. The highest BCUT2D eigenvalue weighted by atomic mass is 16.3. The molecule has 84 valence electrons. The molecular weight excluding hydrogens is 216 g/mol. The van der Waals surface area contributed by atoms with E-state index < -0.39 is 0 Å². The Labute approximate surface area is 97.1 Å². The topological polar surface area (TPSA) is 91.0 Å². The van der Waals surface area contributed by atoms with E-state index in [-0.39, 0.29) is 5.88 Å². The Hall–Kier alpha value is -2.56. The largest absolute Gasteiger partial charge is 0.437 e. The Bertz CT molecular complexity index is 676. The van der Waals surface area contributed by atoms with E-state index in [0.717, 1.165) is 16.5 Å². The van der Waals surface area contributed by atoms with Gasteiger partial charge < -0.3 is 15.9 Å². The van der Waals surface area contributed by atoms with E-state index in [9.17, 15) is 0 Å². The van der Waals surface area contributed by atoms with Crippen LogP contribution in [0.15, 0.2) is 41.3 Å². The van der Waals surface area contributed by atoms with Crippen molar-refractivity contribution in [2.75, 3.05) is 11.5 Å². The van der Waals surface area contributed by atoms with E-state index in [1.807, 2.05) is 12.1 Å². The maximum absolute atomic E-state index is 5.91. The van der Waals surface area contributed by atoms with Gasteiger partial charge in [-0.2, -0.15) is 0 Å². The van der Waals surface area contributed by atoms with E-state index >= 15 is 0 Å². The number of hydrogen-bond donors (Lipinski definition) is 2. The van der Waals surface area contributed by atoms with Crippen molar-refractivity contribution in [2.45, 2.75) is 0 Å². The van der Waals surface area contributed by atoms with Gasteiger partial charge in [0.2, 0.25) is 5.88 Å². The lowest BCUT2D eigenvalue weighted by molar-refractivity contribution is 0.637. The van der Waals surface area contributed by atoms with Crippen LogP contribution in [0, 0.1) is 0 Å². The first kappa shape index (κ1) is 9.65. The summed E-state index contributed by atoms with van der Waals surface area (Å²) < 4.78 is 5.33. The van der Waals surface area contributed by atoms with Gasteiger partial charge in [0.05, 0.1) is 11.6 Å². The normalized spacial score (nSPS) is 10.8. The van der Waals surface area contributed by atoms with Gasteiger partial charge in [0.1, 0.15) is 5.69 Å². The minimum Gasteiger partial charge on any atom is -0.437 e. The molecule has 5 heteroatoms. The lowest BCUT2D eigenvalue weighted by Gasteiger charge is -2.01. The zero-order valence-electron chi connectivity index (χ0n) is 8.92. The number of pyridine rings is 2. The molecule has 4 N–H and O–H groups in total. The molecule has 0 aliphatic rings. The van der Waals surface area contributed by atoms with E-state index in [2.05, 4.69) is 9.97 Å². The van der Waals surface area contributed by atoms with Crippen LogP contribution in [-0.2, 0) is 0 Å². The van der Waals surface area contributed by atoms with Gasteiger partial charge >= 0.3 is 0 Å². The third-order valence-corrected chi connectivity index (χ3v) is 2.64. The number of hydrogen-bond acceptors (Lipinski definition) is 5. The second kappa shape index (κ2) is 3.48. The molecule has 0 saturated carbocycles. The molecule has 0 spiro atoms. The minimum absolute atomic E-state index is 0.221. The number of furan rings is 1. The second-order valence-electron chi connectivity index (χ2n) is 3.68. The molecule has 0 aliphatic carbocycles. The quantitative estimate of drug-likeness (QED) is 0.662. The number of fused-ring (bicyclic) bond motifs is 1. The molecule has 0 atom stereocenters. The van der Waals surface area contributed by atoms with Crippen LogP contribution in [0.4, 0.5) is 11.6 Å². The predicted octanol–water partition coefficient (Wildman–Crippen LogP) is 2.05. The van der Waals surface area contributed by atoms with Gasteiger partial charge in [0.15, 0.2) is 5.58 Å². The molecule has 0 unspecified atom stereocenters. The van der Waals surface area contributed by atoms with Crippen molar-refractivity contribution in [3.8, 4) is 11.1 Å². The summed E-state index contributed by atoms with van der Waals surface area (Å²) in [6.07, 6.45) is 6.79. The Balaban J connectivity index is 2.37. The van der Waals surface area contributed by atoms with Crippen molar-refractivity contribution >= 4 is 22.5 Å². The first-order valence-electron chi connectivity index (χ1n) is 5.09. The van der Waals surface area contributed by atoms with Gasteiger partial charge in [-0.3, -0.25) is 9.97 Å². The van der Waals surface area contributed by atoms with Crippen molar-refractivity contribution in [1.82, 2.24) is 9.97 Å². The van der Waals surface area contributed by atoms with Crippen LogP contribution in [0.25, 0.3) is 22.1 Å². The summed E-state index contributed by atoms with van der Waals surface area (Å²) in [5.74, 6) is 0.221. The summed E-state index contributed by atoms with van der Waals surface area (Å²) in [4.78, 5) is 8.18. The van der Waals surface area contributed by atoms with Crippen LogP contribution in [0.3, 0.4) is 0 Å². The highest BCUT2D eigenvalue weighted by molar-refractivity contribution is 6.04.